The summed E-state index contributed by atoms with van der Waals surface area (Å²) in [5.74, 6) is 1.50. The van der Waals surface area contributed by atoms with Gasteiger partial charge in [-0.1, -0.05) is 12.1 Å². The Kier molecular flexibility index (Phi) is 5.90. The first-order valence-electron chi connectivity index (χ1n) is 9.66. The van der Waals surface area contributed by atoms with E-state index in [4.69, 9.17) is 9.47 Å². The van der Waals surface area contributed by atoms with Gasteiger partial charge in [0.15, 0.2) is 11.6 Å². The predicted octanol–water partition coefficient (Wildman–Crippen LogP) is 4.87. The summed E-state index contributed by atoms with van der Waals surface area (Å²) < 4.78 is 39.5. The number of fused-ring (bicyclic) bond motifs is 1. The van der Waals surface area contributed by atoms with Gasteiger partial charge in [-0.3, -0.25) is 4.72 Å². The quantitative estimate of drug-likeness (QED) is 0.397. The second kappa shape index (κ2) is 8.64. The van der Waals surface area contributed by atoms with Gasteiger partial charge in [-0.25, -0.2) is 18.4 Å². The second-order valence-corrected chi connectivity index (χ2v) is 10.1. The predicted molar refractivity (Wildman–Crippen MR) is 127 cm³/mol. The van der Waals surface area contributed by atoms with Gasteiger partial charge in [0.2, 0.25) is 0 Å². The van der Waals surface area contributed by atoms with Crippen molar-refractivity contribution in [3.63, 3.8) is 0 Å². The average molecular weight is 471 g/mol. The topological polar surface area (TPSA) is 102 Å². The number of hydrogen-bond acceptors (Lipinski definition) is 8. The van der Waals surface area contributed by atoms with Crippen molar-refractivity contribution in [1.82, 2.24) is 9.97 Å². The number of methoxy groups -OCH3 is 2. The molecule has 0 fully saturated rings. The smallest absolute Gasteiger partial charge is 0.264 e. The molecule has 2 aromatic carbocycles. The zero-order chi connectivity index (χ0) is 22.9. The van der Waals surface area contributed by atoms with Crippen LogP contribution in [0.2, 0.25) is 0 Å². The van der Waals surface area contributed by atoms with Crippen LogP contribution in [0.5, 0.6) is 11.5 Å². The number of ether oxygens (including phenoxy) is 2. The molecule has 32 heavy (non-hydrogen) atoms. The third kappa shape index (κ3) is 4.46. The Balaban J connectivity index is 1.80. The molecule has 0 bridgehead atoms. The molecule has 166 valence electrons. The number of aryl methyl sites for hydroxylation is 2. The van der Waals surface area contributed by atoms with Crippen molar-refractivity contribution in [2.75, 3.05) is 24.3 Å². The second-order valence-electron chi connectivity index (χ2n) is 7.02. The molecule has 0 saturated heterocycles. The van der Waals surface area contributed by atoms with Gasteiger partial charge < -0.3 is 14.8 Å². The van der Waals surface area contributed by atoms with E-state index in [9.17, 15) is 8.42 Å². The highest BCUT2D eigenvalue weighted by Gasteiger charge is 2.22. The number of benzene rings is 2. The van der Waals surface area contributed by atoms with Gasteiger partial charge in [0.1, 0.15) is 16.4 Å². The summed E-state index contributed by atoms with van der Waals surface area (Å²) in [5.41, 5.74) is 1.79. The molecule has 2 N–H and O–H groups in total. The lowest BCUT2D eigenvalue weighted by atomic mass is 10.2. The van der Waals surface area contributed by atoms with Crippen LogP contribution in [0.25, 0.3) is 11.0 Å². The molecule has 0 unspecified atom stereocenters. The monoisotopic (exact) mass is 470 g/mol. The summed E-state index contributed by atoms with van der Waals surface area (Å²) in [6, 6.07) is 14.1. The summed E-state index contributed by atoms with van der Waals surface area (Å²) in [6.45, 7) is 3.65. The maximum atomic E-state index is 13.1. The fourth-order valence-electron chi connectivity index (χ4n) is 3.23. The molecule has 4 rings (SSSR count). The molecular formula is C22H22N4O4S2. The Morgan fingerprint density at radius 2 is 1.47 bits per heavy atom. The lowest BCUT2D eigenvalue weighted by molar-refractivity contribution is 0.395. The van der Waals surface area contributed by atoms with Crippen LogP contribution in [0.3, 0.4) is 0 Å². The zero-order valence-corrected chi connectivity index (χ0v) is 19.6. The van der Waals surface area contributed by atoms with E-state index < -0.39 is 10.0 Å². The largest absolute Gasteiger partial charge is 0.497 e. The summed E-state index contributed by atoms with van der Waals surface area (Å²) in [6.07, 6.45) is 0. The normalized spacial score (nSPS) is 11.4. The van der Waals surface area contributed by atoms with Crippen LogP contribution < -0.4 is 19.5 Å². The van der Waals surface area contributed by atoms with Crippen LogP contribution in [0.1, 0.15) is 9.75 Å². The molecule has 0 amide bonds. The Hall–Kier alpha value is -3.37. The summed E-state index contributed by atoms with van der Waals surface area (Å²) in [4.78, 5) is 11.0. The summed E-state index contributed by atoms with van der Waals surface area (Å²) in [7, 11) is -0.754. The van der Waals surface area contributed by atoms with Crippen molar-refractivity contribution in [3.8, 4) is 11.5 Å². The van der Waals surface area contributed by atoms with E-state index in [0.29, 0.717) is 33.1 Å². The highest BCUT2D eigenvalue weighted by atomic mass is 32.2. The van der Waals surface area contributed by atoms with E-state index in [2.05, 4.69) is 20.0 Å². The first-order chi connectivity index (χ1) is 15.3. The number of rotatable bonds is 7. The summed E-state index contributed by atoms with van der Waals surface area (Å²) in [5, 5.41) is 3.15. The molecular weight excluding hydrogens is 448 g/mol. The van der Waals surface area contributed by atoms with Crippen molar-refractivity contribution in [2.24, 2.45) is 0 Å². The standard InChI is InChI=1S/C22H22N4O4S2/c1-13-9-20(14(2)31-13)32(27,28)26-22-21(24-18-7-5-6-8-19(18)25-22)23-15-10-16(29-3)12-17(11-15)30-4/h5-12H,1-4H3,(H,23,24)(H,25,26). The van der Waals surface area contributed by atoms with E-state index in [1.807, 2.05) is 25.1 Å². The average Bonchev–Trinajstić information content (AvgIpc) is 3.12. The first-order valence-corrected chi connectivity index (χ1v) is 12.0. The molecule has 2 aromatic heterocycles. The zero-order valence-electron chi connectivity index (χ0n) is 18.0. The van der Waals surface area contributed by atoms with Crippen LogP contribution >= 0.6 is 11.3 Å². The molecule has 0 aliphatic heterocycles. The highest BCUT2D eigenvalue weighted by Crippen LogP contribution is 2.32. The van der Waals surface area contributed by atoms with E-state index in [0.717, 1.165) is 4.88 Å². The maximum absolute atomic E-state index is 13.1. The van der Waals surface area contributed by atoms with Crippen LogP contribution in [-0.4, -0.2) is 32.6 Å². The molecule has 0 saturated carbocycles. The van der Waals surface area contributed by atoms with Crippen molar-refractivity contribution < 1.29 is 17.9 Å². The minimum Gasteiger partial charge on any atom is -0.497 e. The third-order valence-corrected chi connectivity index (χ3v) is 7.26. The van der Waals surface area contributed by atoms with Gasteiger partial charge >= 0.3 is 0 Å². The number of aromatic nitrogens is 2. The molecule has 8 nitrogen and oxygen atoms in total. The van der Waals surface area contributed by atoms with Crippen molar-refractivity contribution in [3.05, 3.63) is 58.3 Å². The molecule has 10 heteroatoms. The van der Waals surface area contributed by atoms with Gasteiger partial charge in [0.05, 0.1) is 25.3 Å². The van der Waals surface area contributed by atoms with Crippen LogP contribution in [0.15, 0.2) is 53.4 Å². The van der Waals surface area contributed by atoms with Gasteiger partial charge in [-0.15, -0.1) is 11.3 Å². The third-order valence-electron chi connectivity index (χ3n) is 4.70. The minimum absolute atomic E-state index is 0.0914. The number of anilines is 3. The van der Waals surface area contributed by atoms with Crippen molar-refractivity contribution in [1.29, 1.82) is 0 Å². The molecule has 0 aliphatic rings. The Morgan fingerprint density at radius 1 is 0.875 bits per heavy atom. The molecule has 4 aromatic rings. The SMILES string of the molecule is COc1cc(Nc2nc3ccccc3nc2NS(=O)(=O)c2cc(C)sc2C)cc(OC)c1. The van der Waals surface area contributed by atoms with Crippen molar-refractivity contribution in [2.45, 2.75) is 18.7 Å². The highest BCUT2D eigenvalue weighted by molar-refractivity contribution is 7.93. The maximum Gasteiger partial charge on any atom is 0.264 e. The number of nitrogens with one attached hydrogen (secondary N) is 2. The molecule has 0 spiro atoms. The van der Waals surface area contributed by atoms with Gasteiger partial charge in [0.25, 0.3) is 10.0 Å². The molecule has 0 aliphatic carbocycles. The first kappa shape index (κ1) is 21.8. The number of sulfonamides is 1. The number of thiophene rings is 1. The van der Waals surface area contributed by atoms with E-state index >= 15 is 0 Å². The van der Waals surface area contributed by atoms with Gasteiger partial charge in [-0.2, -0.15) is 0 Å². The number of nitrogens with zero attached hydrogens (tertiary/aromatic N) is 2. The fourth-order valence-corrected chi connectivity index (χ4v) is 5.80. The summed E-state index contributed by atoms with van der Waals surface area (Å²) >= 11 is 1.43. The minimum atomic E-state index is -3.86. The van der Waals surface area contributed by atoms with Crippen molar-refractivity contribution >= 4 is 49.7 Å². The fraction of sp³-hybridized carbons (Fsp3) is 0.182. The molecule has 0 atom stereocenters. The van der Waals surface area contributed by atoms with E-state index in [-0.39, 0.29) is 16.5 Å². The Labute approximate surface area is 190 Å². The number of hydrogen-bond donors (Lipinski definition) is 2. The van der Waals surface area contributed by atoms with Crippen LogP contribution in [-0.2, 0) is 10.0 Å². The lowest BCUT2D eigenvalue weighted by Crippen LogP contribution is -2.16. The van der Waals surface area contributed by atoms with Crippen LogP contribution in [0.4, 0.5) is 17.3 Å². The van der Waals surface area contributed by atoms with Crippen LogP contribution in [0, 0.1) is 13.8 Å². The van der Waals surface area contributed by atoms with E-state index in [1.165, 1.54) is 11.3 Å². The molecule has 2 heterocycles. The Bertz CT molecular complexity index is 1380. The van der Waals surface area contributed by atoms with E-state index in [1.54, 1.807) is 51.5 Å². The van der Waals surface area contributed by atoms with Gasteiger partial charge in [0, 0.05) is 33.6 Å². The number of para-hydroxylation sites is 2. The Morgan fingerprint density at radius 3 is 2.00 bits per heavy atom. The lowest BCUT2D eigenvalue weighted by Gasteiger charge is -2.15. The molecule has 0 radical (unpaired) electrons. The van der Waals surface area contributed by atoms with Gasteiger partial charge in [-0.05, 0) is 32.0 Å².